The van der Waals surface area contributed by atoms with Gasteiger partial charge in [-0.25, -0.2) is 4.98 Å². The van der Waals surface area contributed by atoms with Crippen LogP contribution in [0.25, 0.3) is 66.3 Å². The molecule has 0 saturated carbocycles. The van der Waals surface area contributed by atoms with E-state index in [2.05, 4.69) is 184 Å². The van der Waals surface area contributed by atoms with E-state index in [1.165, 1.54) is 43.7 Å². The highest BCUT2D eigenvalue weighted by molar-refractivity contribution is 6.10. The van der Waals surface area contributed by atoms with Crippen molar-refractivity contribution in [1.82, 2.24) is 14.0 Å². The Balaban J connectivity index is 1.06. The van der Waals surface area contributed by atoms with Crippen molar-refractivity contribution in [3.05, 3.63) is 194 Å². The number of nitrogens with zero attached hydrogens (tertiary/aromatic N) is 4. The van der Waals surface area contributed by atoms with Gasteiger partial charge in [0.25, 0.3) is 0 Å². The maximum absolute atomic E-state index is 4.84. The largest absolute Gasteiger partial charge is 0.310 e. The summed E-state index contributed by atoms with van der Waals surface area (Å²) >= 11 is 0. The number of imidazole rings is 1. The molecule has 3 heterocycles. The summed E-state index contributed by atoms with van der Waals surface area (Å²) in [7, 11) is 0. The van der Waals surface area contributed by atoms with Crippen LogP contribution in [-0.4, -0.2) is 14.0 Å². The Morgan fingerprint density at radius 3 is 1.94 bits per heavy atom. The maximum Gasteiger partial charge on any atom is 0.137 e. The van der Waals surface area contributed by atoms with Gasteiger partial charge < -0.3 is 13.9 Å². The summed E-state index contributed by atoms with van der Waals surface area (Å²) < 4.78 is 4.44. The molecule has 0 fully saturated rings. The minimum atomic E-state index is 0.941. The molecule has 0 aliphatic carbocycles. The zero-order valence-electron chi connectivity index (χ0n) is 27.8. The summed E-state index contributed by atoms with van der Waals surface area (Å²) in [6, 6.07) is 65.1. The number of anilines is 3. The van der Waals surface area contributed by atoms with Crippen molar-refractivity contribution in [1.29, 1.82) is 0 Å². The van der Waals surface area contributed by atoms with Crippen LogP contribution in [0.5, 0.6) is 0 Å². The summed E-state index contributed by atoms with van der Waals surface area (Å²) in [6.07, 6.45) is 4.12. The minimum absolute atomic E-state index is 0.941. The maximum atomic E-state index is 4.84. The number of hydrogen-bond acceptors (Lipinski definition) is 2. The molecule has 7 aromatic carbocycles. The van der Waals surface area contributed by atoms with Gasteiger partial charge in [-0.15, -0.1) is 0 Å². The fourth-order valence-electron chi connectivity index (χ4n) is 7.43. The zero-order valence-corrected chi connectivity index (χ0v) is 27.8. The zero-order chi connectivity index (χ0) is 33.7. The molecule has 0 atom stereocenters. The van der Waals surface area contributed by atoms with E-state index < -0.39 is 0 Å². The topological polar surface area (TPSA) is 25.5 Å². The normalized spacial score (nSPS) is 11.5. The number of hydrogen-bond donors (Lipinski definition) is 0. The van der Waals surface area contributed by atoms with Crippen LogP contribution in [0.3, 0.4) is 0 Å². The van der Waals surface area contributed by atoms with Crippen molar-refractivity contribution in [2.24, 2.45) is 0 Å². The molecule has 0 bridgehead atoms. The number of pyridine rings is 1. The molecule has 4 heteroatoms. The van der Waals surface area contributed by atoms with Crippen LogP contribution in [0.2, 0.25) is 0 Å². The molecule has 3 aromatic heterocycles. The molecule has 240 valence electrons. The van der Waals surface area contributed by atoms with Gasteiger partial charge in [-0.05, 0) is 101 Å². The highest BCUT2D eigenvalue weighted by Gasteiger charge is 2.18. The second kappa shape index (κ2) is 11.9. The van der Waals surface area contributed by atoms with E-state index in [4.69, 9.17) is 4.98 Å². The SMILES string of the molecule is c1ccc(N(c2ccc(-c3cn4ccccc4n3)cc2)c2ccc3c(c2)c2ccccc2n3-c2ccc(-c3ccc4ccccc4c3)cc2)cc1. The Morgan fingerprint density at radius 1 is 0.431 bits per heavy atom. The molecule has 0 unspecified atom stereocenters. The lowest BCUT2D eigenvalue weighted by atomic mass is 10.0. The summed E-state index contributed by atoms with van der Waals surface area (Å²) in [5.41, 5.74) is 12.2. The van der Waals surface area contributed by atoms with Crippen LogP contribution in [0.4, 0.5) is 17.1 Å². The quantitative estimate of drug-likeness (QED) is 0.179. The van der Waals surface area contributed by atoms with Crippen molar-refractivity contribution in [2.75, 3.05) is 4.90 Å². The molecule has 10 aromatic rings. The van der Waals surface area contributed by atoms with E-state index in [1.807, 2.05) is 24.4 Å². The monoisotopic (exact) mass is 652 g/mol. The predicted octanol–water partition coefficient (Wildman–Crippen LogP) is 12.4. The standard InChI is InChI=1S/C47H32N4/c1-2-12-38(13-3-1)50(39-25-21-35(22-26-39)44-32-49-29-9-8-16-47(49)48-44)41-27-28-46-43(31-41)42-14-6-7-15-45(42)51(46)40-23-19-34(20-24-40)37-18-17-33-10-4-5-11-36(33)30-37/h1-32H. The first-order chi connectivity index (χ1) is 25.3. The van der Waals surface area contributed by atoms with E-state index in [0.717, 1.165) is 39.7 Å². The van der Waals surface area contributed by atoms with Crippen LogP contribution in [-0.2, 0) is 0 Å². The van der Waals surface area contributed by atoms with Crippen molar-refractivity contribution in [3.8, 4) is 28.1 Å². The van der Waals surface area contributed by atoms with Gasteiger partial charge in [0, 0.05) is 51.5 Å². The lowest BCUT2D eigenvalue weighted by Gasteiger charge is -2.26. The van der Waals surface area contributed by atoms with Crippen LogP contribution >= 0.6 is 0 Å². The van der Waals surface area contributed by atoms with Gasteiger partial charge in [-0.1, -0.05) is 103 Å². The number of para-hydroxylation sites is 2. The predicted molar refractivity (Wildman–Crippen MR) is 213 cm³/mol. The van der Waals surface area contributed by atoms with Crippen molar-refractivity contribution >= 4 is 55.3 Å². The molecule has 0 saturated heterocycles. The van der Waals surface area contributed by atoms with Crippen LogP contribution in [0.15, 0.2) is 194 Å². The third kappa shape index (κ3) is 5.04. The summed E-state index contributed by atoms with van der Waals surface area (Å²) in [5.74, 6) is 0. The van der Waals surface area contributed by atoms with Crippen molar-refractivity contribution in [2.45, 2.75) is 0 Å². The minimum Gasteiger partial charge on any atom is -0.310 e. The first-order valence-electron chi connectivity index (χ1n) is 17.3. The molecule has 10 rings (SSSR count). The highest BCUT2D eigenvalue weighted by Crippen LogP contribution is 2.40. The molecule has 0 spiro atoms. The Kier molecular flexibility index (Phi) is 6.78. The van der Waals surface area contributed by atoms with Gasteiger partial charge >= 0.3 is 0 Å². The average molecular weight is 653 g/mol. The van der Waals surface area contributed by atoms with Crippen molar-refractivity contribution in [3.63, 3.8) is 0 Å². The molecule has 0 aliphatic heterocycles. The van der Waals surface area contributed by atoms with Crippen LogP contribution < -0.4 is 4.90 Å². The molecular weight excluding hydrogens is 621 g/mol. The molecule has 51 heavy (non-hydrogen) atoms. The van der Waals surface area contributed by atoms with Crippen LogP contribution in [0, 0.1) is 0 Å². The van der Waals surface area contributed by atoms with E-state index in [0.29, 0.717) is 0 Å². The van der Waals surface area contributed by atoms with Gasteiger partial charge in [-0.2, -0.15) is 0 Å². The first-order valence-corrected chi connectivity index (χ1v) is 17.3. The first kappa shape index (κ1) is 29.0. The summed E-state index contributed by atoms with van der Waals surface area (Å²) in [4.78, 5) is 7.17. The third-order valence-electron chi connectivity index (χ3n) is 9.92. The van der Waals surface area contributed by atoms with Crippen LogP contribution in [0.1, 0.15) is 0 Å². The van der Waals surface area contributed by atoms with Gasteiger partial charge in [0.2, 0.25) is 0 Å². The van der Waals surface area contributed by atoms with E-state index in [-0.39, 0.29) is 0 Å². The second-order valence-corrected chi connectivity index (χ2v) is 13.0. The smallest absolute Gasteiger partial charge is 0.137 e. The molecule has 4 nitrogen and oxygen atoms in total. The number of fused-ring (bicyclic) bond motifs is 5. The summed E-state index contributed by atoms with van der Waals surface area (Å²) in [6.45, 7) is 0. The van der Waals surface area contributed by atoms with Gasteiger partial charge in [-0.3, -0.25) is 0 Å². The number of aromatic nitrogens is 3. The Morgan fingerprint density at radius 2 is 1.10 bits per heavy atom. The highest BCUT2D eigenvalue weighted by atomic mass is 15.1. The molecule has 0 radical (unpaired) electrons. The van der Waals surface area contributed by atoms with E-state index in [9.17, 15) is 0 Å². The molecule has 0 aliphatic rings. The number of benzene rings is 7. The molecule has 0 amide bonds. The van der Waals surface area contributed by atoms with Gasteiger partial charge in [0.05, 0.1) is 16.7 Å². The Hall–Kier alpha value is -6.91. The molecule has 0 N–H and O–H groups in total. The Labute approximate surface area is 295 Å². The fraction of sp³-hybridized carbons (Fsp3) is 0. The van der Waals surface area contributed by atoms with E-state index >= 15 is 0 Å². The molecular formula is C47H32N4. The fourth-order valence-corrected chi connectivity index (χ4v) is 7.43. The second-order valence-electron chi connectivity index (χ2n) is 13.0. The summed E-state index contributed by atoms with van der Waals surface area (Å²) in [5, 5.41) is 4.95. The lowest BCUT2D eigenvalue weighted by molar-refractivity contribution is 1.18. The Bertz CT molecular complexity index is 2810. The average Bonchev–Trinajstić information content (AvgIpc) is 3.78. The van der Waals surface area contributed by atoms with Gasteiger partial charge in [0.1, 0.15) is 5.65 Å². The van der Waals surface area contributed by atoms with Crippen molar-refractivity contribution < 1.29 is 0 Å². The van der Waals surface area contributed by atoms with E-state index in [1.54, 1.807) is 0 Å². The third-order valence-corrected chi connectivity index (χ3v) is 9.92. The van der Waals surface area contributed by atoms with Gasteiger partial charge in [0.15, 0.2) is 0 Å². The lowest BCUT2D eigenvalue weighted by Crippen LogP contribution is -2.09. The number of rotatable bonds is 6.